The molecule has 2 heterocycles. The molecule has 10 heteroatoms. The summed E-state index contributed by atoms with van der Waals surface area (Å²) < 4.78 is 69.6. The zero-order chi connectivity index (χ0) is 20.8. The fourth-order valence-corrected chi connectivity index (χ4v) is 2.94. The van der Waals surface area contributed by atoms with Gasteiger partial charge in [-0.05, 0) is 43.0 Å². The molecule has 29 heavy (non-hydrogen) atoms. The molecule has 2 aromatic heterocycles. The van der Waals surface area contributed by atoms with Crippen LogP contribution in [0, 0.1) is 11.6 Å². The third kappa shape index (κ3) is 3.69. The SMILES string of the molecule is O=C(Nc1c(F)ccc(-n2cc(C3CC3)c(C(F)(F)F)n2)c1F)c1cccnc1. The van der Waals surface area contributed by atoms with Gasteiger partial charge in [-0.25, -0.2) is 13.5 Å². The van der Waals surface area contributed by atoms with Gasteiger partial charge < -0.3 is 5.32 Å². The van der Waals surface area contributed by atoms with Crippen molar-refractivity contribution < 1.29 is 26.7 Å². The van der Waals surface area contributed by atoms with E-state index in [1.807, 2.05) is 0 Å². The fourth-order valence-electron chi connectivity index (χ4n) is 2.94. The van der Waals surface area contributed by atoms with Crippen molar-refractivity contribution >= 4 is 11.6 Å². The van der Waals surface area contributed by atoms with Crippen LogP contribution in [-0.4, -0.2) is 20.7 Å². The Morgan fingerprint density at radius 1 is 1.17 bits per heavy atom. The number of anilines is 1. The number of carbonyl (C=O) groups is 1. The number of aromatic nitrogens is 3. The Kier molecular flexibility index (Phi) is 4.56. The number of nitrogens with zero attached hydrogens (tertiary/aromatic N) is 3. The molecule has 0 saturated heterocycles. The van der Waals surface area contributed by atoms with E-state index < -0.39 is 40.8 Å². The Labute approximate surface area is 161 Å². The molecule has 1 aliphatic rings. The molecule has 0 aliphatic heterocycles. The van der Waals surface area contributed by atoms with E-state index in [2.05, 4.69) is 15.4 Å². The standard InChI is InChI=1S/C19H13F5N4O/c20-13-5-6-14(15(21)16(13)26-18(29)11-2-1-7-25-8-11)28-9-12(10-3-4-10)17(27-28)19(22,23)24/h1-2,5-10H,3-4H2,(H,26,29). The Bertz CT molecular complexity index is 1070. The molecule has 1 aliphatic carbocycles. The number of alkyl halides is 3. The molecule has 1 N–H and O–H groups in total. The minimum atomic E-state index is -4.70. The van der Waals surface area contributed by atoms with Crippen LogP contribution in [0.1, 0.15) is 40.4 Å². The lowest BCUT2D eigenvalue weighted by Crippen LogP contribution is -2.16. The first-order valence-corrected chi connectivity index (χ1v) is 8.62. The van der Waals surface area contributed by atoms with Crippen LogP contribution in [0.3, 0.4) is 0 Å². The molecule has 1 fully saturated rings. The van der Waals surface area contributed by atoms with Gasteiger partial charge in [0.25, 0.3) is 5.91 Å². The highest BCUT2D eigenvalue weighted by atomic mass is 19.4. The van der Waals surface area contributed by atoms with Crippen LogP contribution in [0.15, 0.2) is 42.9 Å². The number of halogens is 5. The summed E-state index contributed by atoms with van der Waals surface area (Å²) in [7, 11) is 0. The van der Waals surface area contributed by atoms with Gasteiger partial charge in [0.15, 0.2) is 11.5 Å². The van der Waals surface area contributed by atoms with E-state index in [4.69, 9.17) is 0 Å². The van der Waals surface area contributed by atoms with E-state index in [0.29, 0.717) is 12.8 Å². The third-order valence-corrected chi connectivity index (χ3v) is 4.51. The number of hydrogen-bond donors (Lipinski definition) is 1. The van der Waals surface area contributed by atoms with Crippen molar-refractivity contribution in [1.29, 1.82) is 0 Å². The molecule has 150 valence electrons. The highest BCUT2D eigenvalue weighted by molar-refractivity contribution is 6.04. The predicted octanol–water partition coefficient (Wildman–Crippen LogP) is 4.69. The summed E-state index contributed by atoms with van der Waals surface area (Å²) in [6.07, 6.45) is 0.215. The lowest BCUT2D eigenvalue weighted by atomic mass is 10.1. The first kappa shape index (κ1) is 19.0. The van der Waals surface area contributed by atoms with Crippen molar-refractivity contribution in [3.63, 3.8) is 0 Å². The number of rotatable bonds is 4. The lowest BCUT2D eigenvalue weighted by Gasteiger charge is -2.11. The molecule has 5 nitrogen and oxygen atoms in total. The van der Waals surface area contributed by atoms with Crippen molar-refractivity contribution in [2.24, 2.45) is 0 Å². The molecule has 4 rings (SSSR count). The van der Waals surface area contributed by atoms with E-state index in [9.17, 15) is 26.7 Å². The molecule has 1 amide bonds. The van der Waals surface area contributed by atoms with E-state index in [1.54, 1.807) is 0 Å². The molecular formula is C19H13F5N4O. The highest BCUT2D eigenvalue weighted by Gasteiger charge is 2.42. The predicted molar refractivity (Wildman–Crippen MR) is 92.6 cm³/mol. The molecule has 0 radical (unpaired) electrons. The van der Waals surface area contributed by atoms with Crippen molar-refractivity contribution in [3.05, 3.63) is 71.3 Å². The maximum Gasteiger partial charge on any atom is 0.435 e. The summed E-state index contributed by atoms with van der Waals surface area (Å²) >= 11 is 0. The molecule has 3 aromatic rings. The van der Waals surface area contributed by atoms with Crippen LogP contribution in [0.5, 0.6) is 0 Å². The monoisotopic (exact) mass is 408 g/mol. The van der Waals surface area contributed by atoms with Gasteiger partial charge in [0.1, 0.15) is 17.2 Å². The van der Waals surface area contributed by atoms with Gasteiger partial charge in [-0.3, -0.25) is 9.78 Å². The average molecular weight is 408 g/mol. The number of pyridine rings is 1. The number of carbonyl (C=O) groups excluding carboxylic acids is 1. The quantitative estimate of drug-likeness (QED) is 0.637. The molecule has 0 atom stereocenters. The number of amides is 1. The zero-order valence-electron chi connectivity index (χ0n) is 14.7. The largest absolute Gasteiger partial charge is 0.435 e. The highest BCUT2D eigenvalue weighted by Crippen LogP contribution is 2.45. The Balaban J connectivity index is 1.73. The van der Waals surface area contributed by atoms with Gasteiger partial charge in [-0.15, -0.1) is 0 Å². The van der Waals surface area contributed by atoms with E-state index in [-0.39, 0.29) is 17.0 Å². The van der Waals surface area contributed by atoms with Crippen LogP contribution >= 0.6 is 0 Å². The van der Waals surface area contributed by atoms with Crippen molar-refractivity contribution in [2.75, 3.05) is 5.32 Å². The second kappa shape index (κ2) is 6.94. The molecule has 1 saturated carbocycles. The van der Waals surface area contributed by atoms with Gasteiger partial charge in [0, 0.05) is 24.2 Å². The second-order valence-corrected chi connectivity index (χ2v) is 6.60. The van der Waals surface area contributed by atoms with E-state index in [1.165, 1.54) is 24.5 Å². The Morgan fingerprint density at radius 2 is 1.93 bits per heavy atom. The summed E-state index contributed by atoms with van der Waals surface area (Å²) in [5.74, 6) is -3.41. The van der Waals surface area contributed by atoms with Crippen molar-refractivity contribution in [2.45, 2.75) is 24.9 Å². The number of hydrogen-bond acceptors (Lipinski definition) is 3. The van der Waals surface area contributed by atoms with Gasteiger partial charge in [0.2, 0.25) is 0 Å². The van der Waals surface area contributed by atoms with Crippen molar-refractivity contribution in [3.8, 4) is 5.69 Å². The van der Waals surface area contributed by atoms with Gasteiger partial charge in [-0.2, -0.15) is 18.3 Å². The van der Waals surface area contributed by atoms with Gasteiger partial charge in [-0.1, -0.05) is 0 Å². The van der Waals surface area contributed by atoms with Crippen molar-refractivity contribution in [1.82, 2.24) is 14.8 Å². The normalized spacial score (nSPS) is 14.1. The van der Waals surface area contributed by atoms with Crippen LogP contribution < -0.4 is 5.32 Å². The molecular weight excluding hydrogens is 395 g/mol. The third-order valence-electron chi connectivity index (χ3n) is 4.51. The van der Waals surface area contributed by atoms with Gasteiger partial charge >= 0.3 is 6.18 Å². The first-order valence-electron chi connectivity index (χ1n) is 8.62. The topological polar surface area (TPSA) is 59.8 Å². The summed E-state index contributed by atoms with van der Waals surface area (Å²) in [4.78, 5) is 15.9. The summed E-state index contributed by atoms with van der Waals surface area (Å²) in [6, 6.07) is 4.68. The summed E-state index contributed by atoms with van der Waals surface area (Å²) in [5, 5.41) is 5.59. The zero-order valence-corrected chi connectivity index (χ0v) is 14.7. The smallest absolute Gasteiger partial charge is 0.317 e. The second-order valence-electron chi connectivity index (χ2n) is 6.60. The molecule has 0 bridgehead atoms. The maximum absolute atomic E-state index is 14.9. The minimum absolute atomic E-state index is 0.0258. The number of nitrogens with one attached hydrogen (secondary N) is 1. The van der Waals surface area contributed by atoms with Crippen LogP contribution in [0.2, 0.25) is 0 Å². The summed E-state index contributed by atoms with van der Waals surface area (Å²) in [6.45, 7) is 0. The lowest BCUT2D eigenvalue weighted by molar-refractivity contribution is -0.142. The molecule has 0 unspecified atom stereocenters. The summed E-state index contributed by atoms with van der Waals surface area (Å²) in [5.41, 5.74) is -2.25. The molecule has 0 spiro atoms. The van der Waals surface area contributed by atoms with E-state index >= 15 is 0 Å². The fraction of sp³-hybridized carbons (Fsp3) is 0.211. The van der Waals surface area contributed by atoms with Gasteiger partial charge in [0.05, 0.1) is 5.56 Å². The van der Waals surface area contributed by atoms with Crippen LogP contribution in [-0.2, 0) is 6.18 Å². The van der Waals surface area contributed by atoms with Crippen LogP contribution in [0.4, 0.5) is 27.6 Å². The van der Waals surface area contributed by atoms with Crippen LogP contribution in [0.25, 0.3) is 5.69 Å². The average Bonchev–Trinajstić information content (AvgIpc) is 3.43. The maximum atomic E-state index is 14.9. The Morgan fingerprint density at radius 3 is 2.55 bits per heavy atom. The Hall–Kier alpha value is -3.30. The number of benzene rings is 1. The minimum Gasteiger partial charge on any atom is -0.317 e. The first-order chi connectivity index (χ1) is 13.8. The van der Waals surface area contributed by atoms with E-state index in [0.717, 1.165) is 23.0 Å². The molecule has 1 aromatic carbocycles.